The Morgan fingerprint density at radius 2 is 1.71 bits per heavy atom. The minimum absolute atomic E-state index is 0.140. The summed E-state index contributed by atoms with van der Waals surface area (Å²) in [4.78, 5) is 22.2. The van der Waals surface area contributed by atoms with Crippen molar-refractivity contribution in [3.8, 4) is 0 Å². The van der Waals surface area contributed by atoms with Gasteiger partial charge in [-0.15, -0.1) is 0 Å². The Labute approximate surface area is 103 Å². The monoisotopic (exact) mass is 246 g/mol. The second-order valence-electron chi connectivity index (χ2n) is 5.78. The van der Waals surface area contributed by atoms with E-state index in [2.05, 4.69) is 0 Å². The van der Waals surface area contributed by atoms with Gasteiger partial charge in [0.1, 0.15) is 6.54 Å². The molecule has 0 saturated heterocycles. The van der Waals surface area contributed by atoms with Crippen LogP contribution in [0.15, 0.2) is 0 Å². The maximum atomic E-state index is 11.5. The van der Waals surface area contributed by atoms with Crippen molar-refractivity contribution in [2.45, 2.75) is 32.8 Å². The quantitative estimate of drug-likeness (QED) is 0.540. The zero-order chi connectivity index (χ0) is 13.6. The molecular formula is C12H24NO4+. The first-order chi connectivity index (χ1) is 7.60. The van der Waals surface area contributed by atoms with Crippen molar-refractivity contribution < 1.29 is 23.9 Å². The van der Waals surface area contributed by atoms with Gasteiger partial charge < -0.3 is 14.3 Å². The van der Waals surface area contributed by atoms with E-state index in [9.17, 15) is 9.59 Å². The third-order valence-electron chi connectivity index (χ3n) is 2.03. The predicted molar refractivity (Wildman–Crippen MR) is 64.5 cm³/mol. The molecule has 1 unspecified atom stereocenters. The SMILES string of the molecule is CC(C)CC(=O)OC(CC(=O)O)C[N+](C)(C)C. The summed E-state index contributed by atoms with van der Waals surface area (Å²) < 4.78 is 5.78. The van der Waals surface area contributed by atoms with Crippen LogP contribution < -0.4 is 0 Å². The lowest BCUT2D eigenvalue weighted by atomic mass is 10.1. The molecule has 0 aliphatic rings. The molecule has 0 radical (unpaired) electrons. The number of aliphatic carboxylic acids is 1. The number of likely N-dealkylation sites (N-methyl/N-ethyl adjacent to an activating group) is 1. The highest BCUT2D eigenvalue weighted by atomic mass is 16.5. The molecule has 1 N–H and O–H groups in total. The molecule has 0 aromatic carbocycles. The number of carbonyl (C=O) groups is 2. The van der Waals surface area contributed by atoms with Crippen LogP contribution in [0.4, 0.5) is 0 Å². The molecule has 0 aliphatic heterocycles. The van der Waals surface area contributed by atoms with E-state index >= 15 is 0 Å². The minimum Gasteiger partial charge on any atom is -0.481 e. The molecule has 5 nitrogen and oxygen atoms in total. The molecular weight excluding hydrogens is 222 g/mol. The fourth-order valence-corrected chi connectivity index (χ4v) is 1.52. The van der Waals surface area contributed by atoms with Crippen LogP contribution in [0.5, 0.6) is 0 Å². The van der Waals surface area contributed by atoms with Crippen LogP contribution in [0.25, 0.3) is 0 Å². The average molecular weight is 246 g/mol. The van der Waals surface area contributed by atoms with E-state index < -0.39 is 12.1 Å². The Bertz CT molecular complexity index is 268. The van der Waals surface area contributed by atoms with Crippen LogP contribution in [0.1, 0.15) is 26.7 Å². The number of esters is 1. The van der Waals surface area contributed by atoms with Crippen molar-refractivity contribution in [1.82, 2.24) is 0 Å². The summed E-state index contributed by atoms with van der Waals surface area (Å²) in [7, 11) is 5.81. The number of carbonyl (C=O) groups excluding carboxylic acids is 1. The molecule has 0 fully saturated rings. The first-order valence-electron chi connectivity index (χ1n) is 5.82. The van der Waals surface area contributed by atoms with Crippen LogP contribution in [0, 0.1) is 5.92 Å². The van der Waals surface area contributed by atoms with Crippen LogP contribution in [0.2, 0.25) is 0 Å². The molecule has 0 rings (SSSR count). The van der Waals surface area contributed by atoms with Gasteiger partial charge in [0.15, 0.2) is 6.10 Å². The van der Waals surface area contributed by atoms with E-state index in [1.807, 2.05) is 35.0 Å². The number of hydrogen-bond donors (Lipinski definition) is 1. The molecule has 0 aromatic heterocycles. The van der Waals surface area contributed by atoms with E-state index in [-0.39, 0.29) is 18.3 Å². The first kappa shape index (κ1) is 15.9. The van der Waals surface area contributed by atoms with Crippen LogP contribution in [-0.4, -0.2) is 55.3 Å². The van der Waals surface area contributed by atoms with Gasteiger partial charge in [0.25, 0.3) is 0 Å². The molecule has 1 atom stereocenters. The van der Waals surface area contributed by atoms with Crippen LogP contribution in [0.3, 0.4) is 0 Å². The van der Waals surface area contributed by atoms with Gasteiger partial charge in [-0.05, 0) is 5.92 Å². The van der Waals surface area contributed by atoms with Gasteiger partial charge in [0, 0.05) is 6.42 Å². The fraction of sp³-hybridized carbons (Fsp3) is 0.833. The Hall–Kier alpha value is -1.10. The normalized spacial score (nSPS) is 13.5. The van der Waals surface area contributed by atoms with Crippen molar-refractivity contribution in [1.29, 1.82) is 0 Å². The third-order valence-corrected chi connectivity index (χ3v) is 2.03. The molecule has 0 amide bonds. The number of rotatable bonds is 7. The number of ether oxygens (including phenoxy) is 1. The standard InChI is InChI=1S/C12H23NO4/c1-9(2)6-12(16)17-10(7-11(14)15)8-13(3,4)5/h9-10H,6-8H2,1-5H3/p+1. The highest BCUT2D eigenvalue weighted by molar-refractivity contribution is 5.71. The lowest BCUT2D eigenvalue weighted by molar-refractivity contribution is -0.873. The average Bonchev–Trinajstić information content (AvgIpc) is 1.95. The lowest BCUT2D eigenvalue weighted by Gasteiger charge is -2.28. The second kappa shape index (κ2) is 6.59. The topological polar surface area (TPSA) is 63.6 Å². The number of nitrogens with zero attached hydrogens (tertiary/aromatic N) is 1. The van der Waals surface area contributed by atoms with Crippen molar-refractivity contribution in [3.05, 3.63) is 0 Å². The summed E-state index contributed by atoms with van der Waals surface area (Å²) in [6.45, 7) is 4.34. The summed E-state index contributed by atoms with van der Waals surface area (Å²) in [6, 6.07) is 0. The Morgan fingerprint density at radius 3 is 2.06 bits per heavy atom. The van der Waals surface area contributed by atoms with Crippen molar-refractivity contribution >= 4 is 11.9 Å². The van der Waals surface area contributed by atoms with Gasteiger partial charge >= 0.3 is 11.9 Å². The summed E-state index contributed by atoms with van der Waals surface area (Å²) in [5.41, 5.74) is 0. The number of hydrogen-bond acceptors (Lipinski definition) is 3. The van der Waals surface area contributed by atoms with Gasteiger partial charge in [-0.1, -0.05) is 13.8 Å². The largest absolute Gasteiger partial charge is 0.481 e. The summed E-state index contributed by atoms with van der Waals surface area (Å²) >= 11 is 0. The molecule has 0 bridgehead atoms. The van der Waals surface area contributed by atoms with E-state index in [1.165, 1.54) is 0 Å². The minimum atomic E-state index is -0.944. The molecule has 0 spiro atoms. The number of carboxylic acids is 1. The highest BCUT2D eigenvalue weighted by Gasteiger charge is 2.24. The molecule has 100 valence electrons. The van der Waals surface area contributed by atoms with E-state index in [1.54, 1.807) is 0 Å². The van der Waals surface area contributed by atoms with E-state index in [0.717, 1.165) is 0 Å². The smallest absolute Gasteiger partial charge is 0.307 e. The summed E-state index contributed by atoms with van der Waals surface area (Å²) in [5, 5.41) is 8.78. The summed E-state index contributed by atoms with van der Waals surface area (Å²) in [6.07, 6.45) is -0.370. The van der Waals surface area contributed by atoms with Gasteiger partial charge in [0.2, 0.25) is 0 Å². The van der Waals surface area contributed by atoms with Gasteiger partial charge in [-0.3, -0.25) is 9.59 Å². The molecule has 17 heavy (non-hydrogen) atoms. The molecule has 0 saturated carbocycles. The molecule has 5 heteroatoms. The zero-order valence-electron chi connectivity index (χ0n) is 11.4. The maximum absolute atomic E-state index is 11.5. The van der Waals surface area contributed by atoms with E-state index in [0.29, 0.717) is 17.4 Å². The maximum Gasteiger partial charge on any atom is 0.307 e. The third kappa shape index (κ3) is 9.81. The lowest BCUT2D eigenvalue weighted by Crippen LogP contribution is -2.43. The van der Waals surface area contributed by atoms with Gasteiger partial charge in [-0.25, -0.2) is 0 Å². The molecule has 0 aromatic rings. The second-order valence-corrected chi connectivity index (χ2v) is 5.78. The van der Waals surface area contributed by atoms with Crippen molar-refractivity contribution in [2.75, 3.05) is 27.7 Å². The predicted octanol–water partition coefficient (Wildman–Crippen LogP) is 1.13. The van der Waals surface area contributed by atoms with Crippen molar-refractivity contribution in [2.24, 2.45) is 5.92 Å². The zero-order valence-corrected chi connectivity index (χ0v) is 11.4. The number of carboxylic acid groups (broad SMARTS) is 1. The number of quaternary nitrogens is 1. The van der Waals surface area contributed by atoms with Crippen molar-refractivity contribution in [3.63, 3.8) is 0 Å². The summed E-state index contributed by atoms with van der Waals surface area (Å²) in [5.74, 6) is -1.04. The Morgan fingerprint density at radius 1 is 1.18 bits per heavy atom. The van der Waals surface area contributed by atoms with Gasteiger partial charge in [0.05, 0.1) is 27.6 Å². The molecule has 0 aliphatic carbocycles. The molecule has 0 heterocycles. The highest BCUT2D eigenvalue weighted by Crippen LogP contribution is 2.09. The Kier molecular flexibility index (Phi) is 6.16. The fourth-order valence-electron chi connectivity index (χ4n) is 1.52. The van der Waals surface area contributed by atoms with E-state index in [4.69, 9.17) is 9.84 Å². The Balaban J connectivity index is 4.38. The van der Waals surface area contributed by atoms with Crippen LogP contribution >= 0.6 is 0 Å². The first-order valence-corrected chi connectivity index (χ1v) is 5.82. The van der Waals surface area contributed by atoms with Crippen LogP contribution in [-0.2, 0) is 14.3 Å². The van der Waals surface area contributed by atoms with Gasteiger partial charge in [-0.2, -0.15) is 0 Å².